The molecule has 0 atom stereocenters. The Morgan fingerprint density at radius 2 is 1.63 bits per heavy atom. The van der Waals surface area contributed by atoms with Crippen LogP contribution < -0.4 is 10.2 Å². The molecule has 3 aromatic rings. The van der Waals surface area contributed by atoms with Gasteiger partial charge in [0.25, 0.3) is 10.0 Å². The van der Waals surface area contributed by atoms with Crippen molar-refractivity contribution in [2.24, 2.45) is 5.41 Å². The van der Waals surface area contributed by atoms with Gasteiger partial charge in [0.1, 0.15) is 7.85 Å². The van der Waals surface area contributed by atoms with Crippen LogP contribution in [0.1, 0.15) is 42.0 Å². The molecule has 0 spiro atoms. The fraction of sp³-hybridized carbons (Fsp3) is 0.261. The van der Waals surface area contributed by atoms with E-state index in [1.54, 1.807) is 24.3 Å². The number of sulfonamides is 1. The van der Waals surface area contributed by atoms with Crippen LogP contribution in [0.15, 0.2) is 59.5 Å². The summed E-state index contributed by atoms with van der Waals surface area (Å²) in [5, 5.41) is 0. The van der Waals surface area contributed by atoms with Crippen molar-refractivity contribution in [1.82, 2.24) is 4.57 Å². The standard InChI is InChI=1S/C23H23BN2O3S/c1-15-12-20-21(13-23(2,3)14-22(20)27)26(15)18-8-6-17(7-9-18)25-30(28,29)19-10-4-16(24)5-11-19/h4-12,25H,13-14H2,1-3H3. The fourth-order valence-corrected chi connectivity index (χ4v) is 5.11. The van der Waals surface area contributed by atoms with Gasteiger partial charge in [-0.3, -0.25) is 9.52 Å². The van der Waals surface area contributed by atoms with Crippen molar-refractivity contribution in [2.45, 2.75) is 38.5 Å². The van der Waals surface area contributed by atoms with Crippen LogP contribution in [0.4, 0.5) is 5.69 Å². The molecule has 5 nitrogen and oxygen atoms in total. The summed E-state index contributed by atoms with van der Waals surface area (Å²) in [5.74, 6) is 0.177. The lowest BCUT2D eigenvalue weighted by Crippen LogP contribution is -2.27. The maximum Gasteiger partial charge on any atom is 0.261 e. The third-order valence-electron chi connectivity index (χ3n) is 5.44. The Bertz CT molecular complexity index is 1220. The van der Waals surface area contributed by atoms with Crippen molar-refractivity contribution >= 4 is 34.8 Å². The van der Waals surface area contributed by atoms with Gasteiger partial charge in [0.2, 0.25) is 0 Å². The predicted molar refractivity (Wildman–Crippen MR) is 120 cm³/mol. The molecule has 7 heteroatoms. The minimum atomic E-state index is -3.70. The lowest BCUT2D eigenvalue weighted by atomic mass is 9.76. The van der Waals surface area contributed by atoms with Gasteiger partial charge in [0, 0.05) is 34.7 Å². The first-order valence-corrected chi connectivity index (χ1v) is 11.3. The monoisotopic (exact) mass is 418 g/mol. The van der Waals surface area contributed by atoms with Crippen LogP contribution in [0.25, 0.3) is 5.69 Å². The Morgan fingerprint density at radius 3 is 2.27 bits per heavy atom. The quantitative estimate of drug-likeness (QED) is 0.660. The summed E-state index contributed by atoms with van der Waals surface area (Å²) in [4.78, 5) is 12.7. The second-order valence-electron chi connectivity index (χ2n) is 8.64. The minimum Gasteiger partial charge on any atom is -0.317 e. The molecule has 0 saturated heterocycles. The number of carbonyl (C=O) groups excluding carboxylic acids is 1. The smallest absolute Gasteiger partial charge is 0.261 e. The zero-order valence-electron chi connectivity index (χ0n) is 17.3. The molecule has 4 rings (SSSR count). The van der Waals surface area contributed by atoms with Crippen molar-refractivity contribution in [2.75, 3.05) is 4.72 Å². The van der Waals surface area contributed by atoms with E-state index in [1.165, 1.54) is 12.1 Å². The minimum absolute atomic E-state index is 0.0821. The Balaban J connectivity index is 1.64. The number of fused-ring (bicyclic) bond motifs is 1. The summed E-state index contributed by atoms with van der Waals surface area (Å²) < 4.78 is 29.9. The Kier molecular flexibility index (Phi) is 4.89. The highest BCUT2D eigenvalue weighted by molar-refractivity contribution is 7.92. The third kappa shape index (κ3) is 3.82. The van der Waals surface area contributed by atoms with Crippen molar-refractivity contribution in [3.8, 4) is 5.69 Å². The molecule has 152 valence electrons. The molecular formula is C23H23BN2O3S. The summed E-state index contributed by atoms with van der Waals surface area (Å²) in [5.41, 5.74) is 4.58. The van der Waals surface area contributed by atoms with E-state index in [0.29, 0.717) is 17.6 Å². The van der Waals surface area contributed by atoms with Crippen LogP contribution in [0.3, 0.4) is 0 Å². The Labute approximate surface area is 178 Å². The molecule has 0 bridgehead atoms. The van der Waals surface area contributed by atoms with Gasteiger partial charge in [-0.25, -0.2) is 8.42 Å². The van der Waals surface area contributed by atoms with Crippen LogP contribution in [-0.4, -0.2) is 26.6 Å². The summed E-state index contributed by atoms with van der Waals surface area (Å²) >= 11 is 0. The molecule has 1 aliphatic carbocycles. The number of nitrogens with zero attached hydrogens (tertiary/aromatic N) is 1. The highest BCUT2D eigenvalue weighted by atomic mass is 32.2. The number of hydrogen-bond acceptors (Lipinski definition) is 3. The van der Waals surface area contributed by atoms with E-state index in [0.717, 1.165) is 29.1 Å². The Hall–Kier alpha value is -2.80. The zero-order valence-corrected chi connectivity index (χ0v) is 18.1. The molecule has 1 heterocycles. The number of nitrogens with one attached hydrogen (secondary N) is 1. The maximum absolute atomic E-state index is 12.6. The number of rotatable bonds is 4. The third-order valence-corrected chi connectivity index (χ3v) is 6.84. The zero-order chi connectivity index (χ0) is 21.7. The van der Waals surface area contributed by atoms with Gasteiger partial charge in [-0.1, -0.05) is 31.4 Å². The average molecular weight is 418 g/mol. The van der Waals surface area contributed by atoms with E-state index in [9.17, 15) is 13.2 Å². The summed E-state index contributed by atoms with van der Waals surface area (Å²) in [6, 6.07) is 15.2. The number of benzene rings is 2. The highest BCUT2D eigenvalue weighted by Crippen LogP contribution is 2.37. The van der Waals surface area contributed by atoms with Crippen molar-refractivity contribution in [3.05, 3.63) is 71.5 Å². The van der Waals surface area contributed by atoms with Crippen LogP contribution >= 0.6 is 0 Å². The second kappa shape index (κ2) is 7.16. The topological polar surface area (TPSA) is 68.2 Å². The molecule has 2 aromatic carbocycles. The molecule has 0 unspecified atom stereocenters. The van der Waals surface area contributed by atoms with E-state index in [4.69, 9.17) is 7.85 Å². The molecule has 0 fully saturated rings. The number of anilines is 1. The maximum atomic E-state index is 12.6. The number of ketones is 1. The first kappa shape index (κ1) is 20.5. The molecule has 0 saturated carbocycles. The van der Waals surface area contributed by atoms with Crippen molar-refractivity contribution < 1.29 is 13.2 Å². The number of hydrogen-bond donors (Lipinski definition) is 1. The fourth-order valence-electron chi connectivity index (χ4n) is 4.05. The number of Topliss-reactive ketones (excluding diaryl/α,β-unsaturated/α-hetero) is 1. The van der Waals surface area contributed by atoms with Crippen molar-refractivity contribution in [1.29, 1.82) is 0 Å². The number of aryl methyl sites for hydroxylation is 1. The van der Waals surface area contributed by atoms with E-state index >= 15 is 0 Å². The van der Waals surface area contributed by atoms with Crippen molar-refractivity contribution in [3.63, 3.8) is 0 Å². The van der Waals surface area contributed by atoms with Crippen LogP contribution in [0.2, 0.25) is 0 Å². The molecule has 2 radical (unpaired) electrons. The SMILES string of the molecule is [B]c1ccc(S(=O)(=O)Nc2ccc(-n3c(C)cc4c3CC(C)(C)CC4=O)cc2)cc1. The molecule has 1 aliphatic rings. The number of aromatic nitrogens is 1. The molecule has 0 aliphatic heterocycles. The van der Waals surface area contributed by atoms with E-state index in [1.807, 2.05) is 25.1 Å². The number of carbonyl (C=O) groups is 1. The summed E-state index contributed by atoms with van der Waals surface area (Å²) in [6.07, 6.45) is 1.36. The van der Waals surface area contributed by atoms with E-state index in [2.05, 4.69) is 23.1 Å². The van der Waals surface area contributed by atoms with Crippen LogP contribution in [0.5, 0.6) is 0 Å². The summed E-state index contributed by atoms with van der Waals surface area (Å²) in [7, 11) is 1.93. The van der Waals surface area contributed by atoms with Gasteiger partial charge in [0.15, 0.2) is 5.78 Å². The highest BCUT2D eigenvalue weighted by Gasteiger charge is 2.34. The normalized spacial score (nSPS) is 15.6. The molecule has 1 N–H and O–H groups in total. The summed E-state index contributed by atoms with van der Waals surface area (Å²) in [6.45, 7) is 6.20. The van der Waals surface area contributed by atoms with Gasteiger partial charge in [-0.15, -0.1) is 0 Å². The molecule has 0 amide bonds. The van der Waals surface area contributed by atoms with Gasteiger partial charge >= 0.3 is 0 Å². The first-order valence-electron chi connectivity index (χ1n) is 9.79. The van der Waals surface area contributed by atoms with Crippen LogP contribution in [0, 0.1) is 12.3 Å². The lowest BCUT2D eigenvalue weighted by molar-refractivity contribution is 0.0911. The van der Waals surface area contributed by atoms with E-state index < -0.39 is 10.0 Å². The van der Waals surface area contributed by atoms with E-state index in [-0.39, 0.29) is 16.1 Å². The van der Waals surface area contributed by atoms with Gasteiger partial charge in [-0.05, 0) is 61.2 Å². The largest absolute Gasteiger partial charge is 0.317 e. The second-order valence-corrected chi connectivity index (χ2v) is 10.3. The lowest BCUT2D eigenvalue weighted by Gasteiger charge is -2.30. The first-order chi connectivity index (χ1) is 14.1. The van der Waals surface area contributed by atoms with Crippen LogP contribution in [-0.2, 0) is 16.4 Å². The van der Waals surface area contributed by atoms with Gasteiger partial charge in [0.05, 0.1) is 4.90 Å². The Morgan fingerprint density at radius 1 is 1.00 bits per heavy atom. The van der Waals surface area contributed by atoms with Gasteiger partial charge in [-0.2, -0.15) is 0 Å². The predicted octanol–water partition coefficient (Wildman–Crippen LogP) is 3.54. The molecule has 1 aromatic heterocycles. The molecule has 30 heavy (non-hydrogen) atoms. The van der Waals surface area contributed by atoms with Gasteiger partial charge < -0.3 is 4.57 Å². The molecular weight excluding hydrogens is 395 g/mol. The average Bonchev–Trinajstić information content (AvgIpc) is 2.98.